The summed E-state index contributed by atoms with van der Waals surface area (Å²) < 4.78 is 11.4. The van der Waals surface area contributed by atoms with Crippen molar-refractivity contribution < 1.29 is 29.9 Å². The number of anilines is 1. The fourth-order valence-electron chi connectivity index (χ4n) is 2.14. The number of nitrogens with zero attached hydrogens (tertiary/aromatic N) is 2. The van der Waals surface area contributed by atoms with Gasteiger partial charge < -0.3 is 35.2 Å². The molecule has 2 rings (SSSR count). The quantitative estimate of drug-likeness (QED) is 0.392. The summed E-state index contributed by atoms with van der Waals surface area (Å²) in [6.45, 7) is -0.545. The van der Waals surface area contributed by atoms with E-state index < -0.39 is 42.8 Å². The van der Waals surface area contributed by atoms with E-state index in [9.17, 15) is 20.1 Å². The van der Waals surface area contributed by atoms with Crippen LogP contribution in [0, 0.1) is 0 Å². The topological polar surface area (TPSA) is 146 Å². The van der Waals surface area contributed by atoms with Crippen LogP contribution in [-0.4, -0.2) is 74.3 Å². The van der Waals surface area contributed by atoms with Gasteiger partial charge in [-0.15, -0.1) is 0 Å². The number of hydrogen-bond acceptors (Lipinski definition) is 9. The molecule has 0 aliphatic carbocycles. The second-order valence-electron chi connectivity index (χ2n) is 4.92. The summed E-state index contributed by atoms with van der Waals surface area (Å²) in [5.41, 5.74) is -0.404. The molecule has 0 spiro atoms. The third-order valence-corrected chi connectivity index (χ3v) is 3.46. The molecule has 22 heavy (non-hydrogen) atoms. The first-order chi connectivity index (χ1) is 10.4. The van der Waals surface area contributed by atoms with Gasteiger partial charge in [-0.2, -0.15) is 4.98 Å². The van der Waals surface area contributed by atoms with E-state index in [0.717, 1.165) is 6.07 Å². The molecule has 1 aromatic rings. The minimum atomic E-state index is -1.52. The van der Waals surface area contributed by atoms with E-state index in [4.69, 9.17) is 14.6 Å². The van der Waals surface area contributed by atoms with E-state index in [2.05, 4.69) is 10.3 Å². The maximum Gasteiger partial charge on any atom is 0.300 e. The van der Waals surface area contributed by atoms with Gasteiger partial charge in [0.2, 0.25) is 0 Å². The number of aromatic nitrogens is 2. The standard InChI is InChI=1S/C12H19N3O7/c1-15-7(17)3-6(14-12(15)21-2)13-11-10(20)9(19)8(18)5(4-16)22-11/h3,5,8-11,13,16,18-20H,4H2,1-2H3/t5-,8+,9+,10+,11-/m0/s1. The van der Waals surface area contributed by atoms with Crippen molar-refractivity contribution in [2.75, 3.05) is 19.0 Å². The molecule has 2 heterocycles. The lowest BCUT2D eigenvalue weighted by molar-refractivity contribution is -0.221. The van der Waals surface area contributed by atoms with Gasteiger partial charge in [-0.3, -0.25) is 9.36 Å². The van der Waals surface area contributed by atoms with Crippen molar-refractivity contribution in [3.05, 3.63) is 16.4 Å². The number of aliphatic hydroxyl groups is 4. The summed E-state index contributed by atoms with van der Waals surface area (Å²) in [6, 6.07) is 1.20. The molecule has 0 unspecified atom stereocenters. The highest BCUT2D eigenvalue weighted by atomic mass is 16.6. The number of hydrogen-bond donors (Lipinski definition) is 5. The van der Waals surface area contributed by atoms with Crippen LogP contribution in [0.25, 0.3) is 0 Å². The van der Waals surface area contributed by atoms with Crippen LogP contribution in [0.3, 0.4) is 0 Å². The molecule has 5 N–H and O–H groups in total. The predicted molar refractivity (Wildman–Crippen MR) is 73.4 cm³/mol. The maximum atomic E-state index is 11.7. The molecule has 1 fully saturated rings. The maximum absolute atomic E-state index is 11.7. The second-order valence-corrected chi connectivity index (χ2v) is 4.92. The van der Waals surface area contributed by atoms with E-state index in [1.807, 2.05) is 0 Å². The number of aliphatic hydroxyl groups excluding tert-OH is 4. The molecule has 0 amide bonds. The number of ether oxygens (including phenoxy) is 2. The molecular formula is C12H19N3O7. The zero-order valence-electron chi connectivity index (χ0n) is 12.1. The van der Waals surface area contributed by atoms with E-state index >= 15 is 0 Å². The minimum absolute atomic E-state index is 0.0413. The smallest absolute Gasteiger partial charge is 0.300 e. The van der Waals surface area contributed by atoms with Crippen LogP contribution in [-0.2, 0) is 11.8 Å². The third-order valence-electron chi connectivity index (χ3n) is 3.46. The molecule has 124 valence electrons. The zero-order valence-corrected chi connectivity index (χ0v) is 12.1. The van der Waals surface area contributed by atoms with Crippen LogP contribution in [0.15, 0.2) is 10.9 Å². The van der Waals surface area contributed by atoms with Crippen molar-refractivity contribution in [3.63, 3.8) is 0 Å². The molecule has 5 atom stereocenters. The van der Waals surface area contributed by atoms with Gasteiger partial charge in [0, 0.05) is 13.1 Å². The first-order valence-corrected chi connectivity index (χ1v) is 6.58. The fraction of sp³-hybridized carbons (Fsp3) is 0.667. The molecule has 0 radical (unpaired) electrons. The van der Waals surface area contributed by atoms with Gasteiger partial charge in [0.15, 0.2) is 6.23 Å². The number of rotatable bonds is 4. The van der Waals surface area contributed by atoms with Gasteiger partial charge in [-0.1, -0.05) is 0 Å². The Hall–Kier alpha value is -1.72. The second kappa shape index (κ2) is 6.58. The Balaban J connectivity index is 2.22. The van der Waals surface area contributed by atoms with Crippen LogP contribution in [0.2, 0.25) is 0 Å². The first kappa shape index (κ1) is 16.6. The lowest BCUT2D eigenvalue weighted by atomic mass is 9.98. The highest BCUT2D eigenvalue weighted by Gasteiger charge is 2.43. The SMILES string of the molecule is COc1nc(N[C@H]2O[C@@H](CO)[C@@H](O)[C@@H](O)[C@H]2O)cc(=O)n1C. The van der Waals surface area contributed by atoms with Crippen molar-refractivity contribution >= 4 is 5.82 Å². The number of nitrogens with one attached hydrogen (secondary N) is 1. The van der Waals surface area contributed by atoms with Gasteiger partial charge in [-0.25, -0.2) is 0 Å². The van der Waals surface area contributed by atoms with Crippen molar-refractivity contribution in [1.29, 1.82) is 0 Å². The Morgan fingerprint density at radius 3 is 2.64 bits per heavy atom. The highest BCUT2D eigenvalue weighted by molar-refractivity contribution is 5.36. The van der Waals surface area contributed by atoms with Crippen LogP contribution in [0.4, 0.5) is 5.82 Å². The van der Waals surface area contributed by atoms with Crippen molar-refractivity contribution in [2.24, 2.45) is 7.05 Å². The lowest BCUT2D eigenvalue weighted by Crippen LogP contribution is -2.60. The third kappa shape index (κ3) is 3.05. The summed E-state index contributed by atoms with van der Waals surface area (Å²) in [6.07, 6.45) is -6.67. The van der Waals surface area contributed by atoms with Gasteiger partial charge in [-0.05, 0) is 0 Å². The summed E-state index contributed by atoms with van der Waals surface area (Å²) in [5, 5.41) is 41.1. The van der Waals surface area contributed by atoms with E-state index in [1.165, 1.54) is 18.7 Å². The molecule has 0 bridgehead atoms. The molecule has 0 aromatic carbocycles. The monoisotopic (exact) mass is 317 g/mol. The number of methoxy groups -OCH3 is 1. The molecule has 1 saturated heterocycles. The Morgan fingerprint density at radius 2 is 2.05 bits per heavy atom. The molecule has 10 nitrogen and oxygen atoms in total. The van der Waals surface area contributed by atoms with E-state index in [-0.39, 0.29) is 11.8 Å². The van der Waals surface area contributed by atoms with E-state index in [1.54, 1.807) is 0 Å². The average Bonchev–Trinajstić information content (AvgIpc) is 2.51. The normalized spacial score (nSPS) is 31.8. The predicted octanol–water partition coefficient (Wildman–Crippen LogP) is -3.00. The van der Waals surface area contributed by atoms with Gasteiger partial charge in [0.1, 0.15) is 30.2 Å². The van der Waals surface area contributed by atoms with Crippen molar-refractivity contribution in [2.45, 2.75) is 30.6 Å². The largest absolute Gasteiger partial charge is 0.468 e. The summed E-state index contributed by atoms with van der Waals surface area (Å²) in [5.74, 6) is 0.0595. The van der Waals surface area contributed by atoms with Crippen molar-refractivity contribution in [1.82, 2.24) is 9.55 Å². The molecule has 10 heteroatoms. The Morgan fingerprint density at radius 1 is 1.36 bits per heavy atom. The summed E-state index contributed by atoms with van der Waals surface area (Å²) >= 11 is 0. The molecule has 1 aliphatic rings. The van der Waals surface area contributed by atoms with Gasteiger partial charge in [0.25, 0.3) is 5.56 Å². The van der Waals surface area contributed by atoms with Crippen LogP contribution in [0.1, 0.15) is 0 Å². The molecule has 1 aliphatic heterocycles. The van der Waals surface area contributed by atoms with Gasteiger partial charge in [0.05, 0.1) is 13.7 Å². The molecular weight excluding hydrogens is 298 g/mol. The Bertz CT molecular complexity index is 576. The zero-order chi connectivity index (χ0) is 16.4. The van der Waals surface area contributed by atoms with Crippen LogP contribution >= 0.6 is 0 Å². The summed E-state index contributed by atoms with van der Waals surface area (Å²) in [4.78, 5) is 15.8. The van der Waals surface area contributed by atoms with Crippen LogP contribution < -0.4 is 15.6 Å². The van der Waals surface area contributed by atoms with Crippen LogP contribution in [0.5, 0.6) is 6.01 Å². The minimum Gasteiger partial charge on any atom is -0.468 e. The summed E-state index contributed by atoms with van der Waals surface area (Å²) in [7, 11) is 2.82. The van der Waals surface area contributed by atoms with Crippen molar-refractivity contribution in [3.8, 4) is 6.01 Å². The molecule has 1 aromatic heterocycles. The van der Waals surface area contributed by atoms with Gasteiger partial charge >= 0.3 is 6.01 Å². The molecule has 0 saturated carbocycles. The highest BCUT2D eigenvalue weighted by Crippen LogP contribution is 2.22. The Kier molecular flexibility index (Phi) is 4.98. The first-order valence-electron chi connectivity index (χ1n) is 6.58. The average molecular weight is 317 g/mol. The Labute approximate surface area is 125 Å². The fourth-order valence-corrected chi connectivity index (χ4v) is 2.14. The van der Waals surface area contributed by atoms with E-state index in [0.29, 0.717) is 0 Å². The lowest BCUT2D eigenvalue weighted by Gasteiger charge is -2.40.